The van der Waals surface area contributed by atoms with Gasteiger partial charge in [0.2, 0.25) is 11.8 Å². The molecule has 1 unspecified atom stereocenters. The summed E-state index contributed by atoms with van der Waals surface area (Å²) in [5.41, 5.74) is 4.78. The molecule has 2 aliphatic rings. The number of nitrogens with zero attached hydrogens (tertiary/aromatic N) is 3. The van der Waals surface area contributed by atoms with Gasteiger partial charge in [0.1, 0.15) is 0 Å². The normalized spacial score (nSPS) is 19.7. The monoisotopic (exact) mass is 391 g/mol. The summed E-state index contributed by atoms with van der Waals surface area (Å²) in [7, 11) is 0. The SMILES string of the molecule is Cc1cccc(CN2CC(C(=O)N3CCN(c4cccc(C)c4)CC3)CC2=O)c1. The molecule has 2 aromatic carbocycles. The molecule has 152 valence electrons. The third-order valence-electron chi connectivity index (χ3n) is 5.98. The van der Waals surface area contributed by atoms with Crippen LogP contribution in [0.25, 0.3) is 0 Å². The maximum Gasteiger partial charge on any atom is 0.228 e. The van der Waals surface area contributed by atoms with E-state index in [1.807, 2.05) is 21.9 Å². The van der Waals surface area contributed by atoms with Gasteiger partial charge in [0.05, 0.1) is 5.92 Å². The topological polar surface area (TPSA) is 43.9 Å². The van der Waals surface area contributed by atoms with Crippen molar-refractivity contribution in [2.75, 3.05) is 37.6 Å². The molecule has 2 fully saturated rings. The second-order valence-electron chi connectivity index (χ2n) is 8.32. The molecule has 0 spiro atoms. The summed E-state index contributed by atoms with van der Waals surface area (Å²) < 4.78 is 0. The Kier molecular flexibility index (Phi) is 5.56. The molecule has 0 saturated carbocycles. The summed E-state index contributed by atoms with van der Waals surface area (Å²) in [4.78, 5) is 31.6. The van der Waals surface area contributed by atoms with Crippen molar-refractivity contribution in [1.29, 1.82) is 0 Å². The predicted molar refractivity (Wildman–Crippen MR) is 115 cm³/mol. The van der Waals surface area contributed by atoms with Gasteiger partial charge in [-0.3, -0.25) is 9.59 Å². The molecular formula is C24H29N3O2. The molecule has 5 nitrogen and oxygen atoms in total. The number of hydrogen-bond acceptors (Lipinski definition) is 3. The average molecular weight is 392 g/mol. The van der Waals surface area contributed by atoms with E-state index in [-0.39, 0.29) is 17.7 Å². The molecule has 5 heteroatoms. The number of rotatable bonds is 4. The van der Waals surface area contributed by atoms with E-state index >= 15 is 0 Å². The summed E-state index contributed by atoms with van der Waals surface area (Å²) in [6.07, 6.45) is 0.336. The predicted octanol–water partition coefficient (Wildman–Crippen LogP) is 3.00. The van der Waals surface area contributed by atoms with Gasteiger partial charge in [-0.15, -0.1) is 0 Å². The Morgan fingerprint density at radius 1 is 0.966 bits per heavy atom. The number of piperazine rings is 1. The minimum Gasteiger partial charge on any atom is -0.368 e. The molecule has 1 atom stereocenters. The van der Waals surface area contributed by atoms with E-state index in [0.29, 0.717) is 19.5 Å². The fourth-order valence-electron chi connectivity index (χ4n) is 4.39. The van der Waals surface area contributed by atoms with E-state index < -0.39 is 0 Å². The van der Waals surface area contributed by atoms with Crippen molar-refractivity contribution in [2.24, 2.45) is 5.92 Å². The lowest BCUT2D eigenvalue weighted by atomic mass is 10.1. The Bertz CT molecular complexity index is 903. The quantitative estimate of drug-likeness (QED) is 0.805. The van der Waals surface area contributed by atoms with E-state index in [1.165, 1.54) is 16.8 Å². The second-order valence-corrected chi connectivity index (χ2v) is 8.32. The van der Waals surface area contributed by atoms with Crippen molar-refractivity contribution in [2.45, 2.75) is 26.8 Å². The highest BCUT2D eigenvalue weighted by Gasteiger charge is 2.37. The molecule has 2 amide bonds. The zero-order chi connectivity index (χ0) is 20.4. The highest BCUT2D eigenvalue weighted by molar-refractivity contribution is 5.89. The molecule has 0 bridgehead atoms. The van der Waals surface area contributed by atoms with Crippen LogP contribution < -0.4 is 4.90 Å². The summed E-state index contributed by atoms with van der Waals surface area (Å²) in [5.74, 6) is 0.00932. The van der Waals surface area contributed by atoms with Crippen LogP contribution >= 0.6 is 0 Å². The average Bonchev–Trinajstić information content (AvgIpc) is 3.08. The van der Waals surface area contributed by atoms with Crippen LogP contribution in [-0.2, 0) is 16.1 Å². The van der Waals surface area contributed by atoms with Gasteiger partial charge >= 0.3 is 0 Å². The molecule has 29 heavy (non-hydrogen) atoms. The van der Waals surface area contributed by atoms with Crippen LogP contribution in [0.2, 0.25) is 0 Å². The van der Waals surface area contributed by atoms with Gasteiger partial charge in [-0.25, -0.2) is 0 Å². The van der Waals surface area contributed by atoms with Crippen LogP contribution in [0.1, 0.15) is 23.1 Å². The molecule has 4 rings (SSSR count). The second kappa shape index (κ2) is 8.27. The Labute approximate surface area is 172 Å². The van der Waals surface area contributed by atoms with Crippen LogP contribution in [0.5, 0.6) is 0 Å². The summed E-state index contributed by atoms with van der Waals surface area (Å²) in [5, 5.41) is 0. The fraction of sp³-hybridized carbons (Fsp3) is 0.417. The number of carbonyl (C=O) groups excluding carboxylic acids is 2. The first-order chi connectivity index (χ1) is 14.0. The van der Waals surface area contributed by atoms with Crippen LogP contribution in [-0.4, -0.2) is 54.3 Å². The van der Waals surface area contributed by atoms with Crippen LogP contribution in [0.4, 0.5) is 5.69 Å². The Balaban J connectivity index is 1.33. The molecular weight excluding hydrogens is 362 g/mol. The van der Waals surface area contributed by atoms with Crippen molar-refractivity contribution in [3.05, 3.63) is 65.2 Å². The van der Waals surface area contributed by atoms with Crippen molar-refractivity contribution < 1.29 is 9.59 Å². The number of amides is 2. The number of benzene rings is 2. The van der Waals surface area contributed by atoms with E-state index in [4.69, 9.17) is 0 Å². The molecule has 2 saturated heterocycles. The molecule has 0 radical (unpaired) electrons. The fourth-order valence-corrected chi connectivity index (χ4v) is 4.39. The lowest BCUT2D eigenvalue weighted by Gasteiger charge is -2.37. The van der Waals surface area contributed by atoms with Gasteiger partial charge in [0.25, 0.3) is 0 Å². The third-order valence-corrected chi connectivity index (χ3v) is 5.98. The molecule has 0 aliphatic carbocycles. The highest BCUT2D eigenvalue weighted by Crippen LogP contribution is 2.24. The van der Waals surface area contributed by atoms with E-state index in [1.54, 1.807) is 0 Å². The van der Waals surface area contributed by atoms with E-state index in [2.05, 4.69) is 55.1 Å². The molecule has 2 aromatic rings. The van der Waals surface area contributed by atoms with Gasteiger partial charge in [0, 0.05) is 51.4 Å². The van der Waals surface area contributed by atoms with Gasteiger partial charge < -0.3 is 14.7 Å². The largest absolute Gasteiger partial charge is 0.368 e. The maximum atomic E-state index is 13.0. The zero-order valence-corrected chi connectivity index (χ0v) is 17.3. The molecule has 2 heterocycles. The van der Waals surface area contributed by atoms with Gasteiger partial charge in [-0.05, 0) is 37.1 Å². The number of anilines is 1. The molecule has 0 aromatic heterocycles. The van der Waals surface area contributed by atoms with Crippen molar-refractivity contribution in [3.63, 3.8) is 0 Å². The summed E-state index contributed by atoms with van der Waals surface area (Å²) >= 11 is 0. The first-order valence-corrected chi connectivity index (χ1v) is 10.4. The zero-order valence-electron chi connectivity index (χ0n) is 17.3. The Morgan fingerprint density at radius 3 is 2.34 bits per heavy atom. The first-order valence-electron chi connectivity index (χ1n) is 10.4. The maximum absolute atomic E-state index is 13.0. The highest BCUT2D eigenvalue weighted by atomic mass is 16.2. The molecule has 0 N–H and O–H groups in total. The van der Waals surface area contributed by atoms with Crippen LogP contribution in [0.3, 0.4) is 0 Å². The van der Waals surface area contributed by atoms with Gasteiger partial charge in [0.15, 0.2) is 0 Å². The van der Waals surface area contributed by atoms with E-state index in [0.717, 1.165) is 31.7 Å². The van der Waals surface area contributed by atoms with E-state index in [9.17, 15) is 9.59 Å². The van der Waals surface area contributed by atoms with Gasteiger partial charge in [-0.1, -0.05) is 42.0 Å². The number of hydrogen-bond donors (Lipinski definition) is 0. The Hall–Kier alpha value is -2.82. The number of aryl methyl sites for hydroxylation is 2. The minimum atomic E-state index is -0.210. The minimum absolute atomic E-state index is 0.0863. The lowest BCUT2D eigenvalue weighted by Crippen LogP contribution is -2.50. The van der Waals surface area contributed by atoms with Crippen molar-refractivity contribution >= 4 is 17.5 Å². The first kappa shape index (κ1) is 19.5. The summed E-state index contributed by atoms with van der Waals surface area (Å²) in [6.45, 7) is 8.38. The third kappa shape index (κ3) is 4.44. The van der Waals surface area contributed by atoms with Gasteiger partial charge in [-0.2, -0.15) is 0 Å². The number of carbonyl (C=O) groups is 2. The van der Waals surface area contributed by atoms with Crippen LogP contribution in [0, 0.1) is 19.8 Å². The summed E-state index contributed by atoms with van der Waals surface area (Å²) in [6, 6.07) is 16.7. The van der Waals surface area contributed by atoms with Crippen molar-refractivity contribution in [3.8, 4) is 0 Å². The Morgan fingerprint density at radius 2 is 1.66 bits per heavy atom. The number of likely N-dealkylation sites (tertiary alicyclic amines) is 1. The lowest BCUT2D eigenvalue weighted by molar-refractivity contribution is -0.136. The standard InChI is InChI=1S/C24H29N3O2/c1-18-5-3-7-20(13-18)16-27-17-21(15-23(27)28)24(29)26-11-9-25(10-12-26)22-8-4-6-19(2)14-22/h3-8,13-14,21H,9-12,15-17H2,1-2H3. The smallest absolute Gasteiger partial charge is 0.228 e. The molecule has 2 aliphatic heterocycles. The van der Waals surface area contributed by atoms with Crippen LogP contribution in [0.15, 0.2) is 48.5 Å². The van der Waals surface area contributed by atoms with Crippen molar-refractivity contribution in [1.82, 2.24) is 9.80 Å².